The van der Waals surface area contributed by atoms with Crippen LogP contribution in [0, 0.1) is 0 Å². The van der Waals surface area contributed by atoms with Crippen LogP contribution in [-0.4, -0.2) is 78.0 Å². The Labute approximate surface area is 204 Å². The van der Waals surface area contributed by atoms with Gasteiger partial charge in [-0.15, -0.1) is 0 Å². The zero-order chi connectivity index (χ0) is 24.5. The zero-order valence-corrected chi connectivity index (χ0v) is 19.7. The Morgan fingerprint density at radius 1 is 1.26 bits per heavy atom. The summed E-state index contributed by atoms with van der Waals surface area (Å²) in [7, 11) is 1.80. The van der Waals surface area contributed by atoms with Crippen LogP contribution in [0.1, 0.15) is 29.2 Å². The van der Waals surface area contributed by atoms with Crippen LogP contribution in [0.15, 0.2) is 47.6 Å². The monoisotopic (exact) mass is 475 g/mol. The second-order valence-corrected chi connectivity index (χ2v) is 9.48. The quantitative estimate of drug-likeness (QED) is 0.627. The molecule has 5 rings (SSSR count). The van der Waals surface area contributed by atoms with Gasteiger partial charge in [-0.1, -0.05) is 24.3 Å². The molecule has 1 fully saturated rings. The van der Waals surface area contributed by atoms with E-state index in [1.807, 2.05) is 42.5 Å². The van der Waals surface area contributed by atoms with E-state index in [1.165, 1.54) is 6.21 Å². The lowest BCUT2D eigenvalue weighted by atomic mass is 10.0. The summed E-state index contributed by atoms with van der Waals surface area (Å²) in [4.78, 5) is 40.7. The van der Waals surface area contributed by atoms with Gasteiger partial charge in [-0.05, 0) is 41.3 Å². The van der Waals surface area contributed by atoms with E-state index in [0.29, 0.717) is 19.5 Å². The van der Waals surface area contributed by atoms with Crippen molar-refractivity contribution in [2.24, 2.45) is 5.10 Å². The number of aliphatic hydroxyl groups is 1. The van der Waals surface area contributed by atoms with E-state index in [0.717, 1.165) is 41.0 Å². The van der Waals surface area contributed by atoms with Crippen LogP contribution < -0.4 is 10.3 Å². The zero-order valence-electron chi connectivity index (χ0n) is 19.7. The molecule has 2 N–H and O–H groups in total. The molecule has 35 heavy (non-hydrogen) atoms. The van der Waals surface area contributed by atoms with Crippen LogP contribution in [-0.2, 0) is 27.2 Å². The molecule has 0 bridgehead atoms. The average molecular weight is 476 g/mol. The van der Waals surface area contributed by atoms with Crippen molar-refractivity contribution >= 4 is 35.2 Å². The average Bonchev–Trinajstić information content (AvgIpc) is 3.56. The molecule has 0 saturated carbocycles. The van der Waals surface area contributed by atoms with Gasteiger partial charge >= 0.3 is 0 Å². The molecule has 3 aliphatic rings. The van der Waals surface area contributed by atoms with Gasteiger partial charge in [0.05, 0.1) is 36.9 Å². The van der Waals surface area contributed by atoms with Crippen molar-refractivity contribution in [3.05, 3.63) is 59.2 Å². The van der Waals surface area contributed by atoms with E-state index in [2.05, 4.69) is 15.3 Å². The summed E-state index contributed by atoms with van der Waals surface area (Å²) in [6.07, 6.45) is 2.27. The first-order chi connectivity index (χ1) is 16.9. The number of nitrogens with one attached hydrogen (secondary N) is 1. The number of benzene rings is 2. The molecule has 2 atom stereocenters. The lowest BCUT2D eigenvalue weighted by Gasteiger charge is -2.32. The minimum atomic E-state index is -0.352. The molecule has 2 aromatic rings. The third kappa shape index (κ3) is 5.11. The number of β-amino-alcohol motifs (C(OH)–C–C–N with tert-alkyl or cyclic N) is 1. The molecule has 0 radical (unpaired) electrons. The maximum absolute atomic E-state index is 13.4. The van der Waals surface area contributed by atoms with Gasteiger partial charge in [0.1, 0.15) is 6.54 Å². The van der Waals surface area contributed by atoms with Gasteiger partial charge in [0, 0.05) is 32.4 Å². The number of hydrogen-bond donors (Lipinski definition) is 2. The number of carbonyl (C=O) groups is 3. The number of amides is 2. The van der Waals surface area contributed by atoms with E-state index in [4.69, 9.17) is 0 Å². The molecule has 3 aliphatic heterocycles. The Balaban J connectivity index is 1.37. The maximum atomic E-state index is 13.4. The highest BCUT2D eigenvalue weighted by atomic mass is 16.3. The minimum absolute atomic E-state index is 0.0302. The highest BCUT2D eigenvalue weighted by Gasteiger charge is 2.29. The summed E-state index contributed by atoms with van der Waals surface area (Å²) in [5.41, 5.74) is 4.31. The normalized spacial score (nSPS) is 20.3. The first-order valence-corrected chi connectivity index (χ1v) is 11.9. The predicted octanol–water partition coefficient (Wildman–Crippen LogP) is 1.36. The van der Waals surface area contributed by atoms with Crippen molar-refractivity contribution in [1.82, 2.24) is 9.80 Å². The second kappa shape index (κ2) is 9.59. The van der Waals surface area contributed by atoms with Crippen LogP contribution in [0.25, 0.3) is 0 Å². The smallest absolute Gasteiger partial charge is 0.228 e. The molecule has 2 aromatic carbocycles. The van der Waals surface area contributed by atoms with E-state index in [-0.39, 0.29) is 42.7 Å². The fourth-order valence-electron chi connectivity index (χ4n) is 4.93. The molecule has 2 amide bonds. The molecule has 182 valence electrons. The number of nitrogens with zero attached hydrogens (tertiary/aromatic N) is 4. The van der Waals surface area contributed by atoms with Gasteiger partial charge in [-0.25, -0.2) is 0 Å². The summed E-state index contributed by atoms with van der Waals surface area (Å²) in [6.45, 7) is 2.14. The molecule has 1 saturated heterocycles. The summed E-state index contributed by atoms with van der Waals surface area (Å²) in [5.74, 6) is -0.119. The van der Waals surface area contributed by atoms with Crippen molar-refractivity contribution in [2.75, 3.05) is 43.6 Å². The number of carbonyl (C=O) groups excluding carboxylic acids is 3. The van der Waals surface area contributed by atoms with Gasteiger partial charge in [0.15, 0.2) is 5.78 Å². The number of fused-ring (bicyclic) bond motifs is 1. The van der Waals surface area contributed by atoms with Crippen LogP contribution >= 0.6 is 0 Å². The van der Waals surface area contributed by atoms with Gasteiger partial charge in [-0.2, -0.15) is 5.10 Å². The van der Waals surface area contributed by atoms with E-state index >= 15 is 0 Å². The minimum Gasteiger partial charge on any atom is -0.392 e. The Kier molecular flexibility index (Phi) is 6.36. The molecule has 9 nitrogen and oxygen atoms in total. The third-order valence-electron chi connectivity index (χ3n) is 6.89. The fraction of sp³-hybridized carbons (Fsp3) is 0.385. The Hall–Kier alpha value is -3.56. The number of rotatable bonds is 7. The van der Waals surface area contributed by atoms with Crippen molar-refractivity contribution in [3.8, 4) is 0 Å². The molecule has 1 unspecified atom stereocenters. The van der Waals surface area contributed by atoms with E-state index < -0.39 is 0 Å². The topological polar surface area (TPSA) is 106 Å². The third-order valence-corrected chi connectivity index (χ3v) is 6.89. The number of likely N-dealkylation sites (N-methyl/N-ethyl adjacent to an activating group) is 1. The number of likely N-dealkylation sites (tertiary alicyclic amines) is 1. The SMILES string of the molecule is CN(C(=O)Cc1ccc2c(c1)NC(=O)C2)[C@H](CN1CCC(O)C1)c1cccc(N2CC(=O)C=N2)c1. The van der Waals surface area contributed by atoms with Crippen LogP contribution in [0.5, 0.6) is 0 Å². The maximum Gasteiger partial charge on any atom is 0.228 e. The second-order valence-electron chi connectivity index (χ2n) is 9.48. The number of ketones is 1. The highest BCUT2D eigenvalue weighted by Crippen LogP contribution is 2.29. The fourth-order valence-corrected chi connectivity index (χ4v) is 4.93. The van der Waals surface area contributed by atoms with Crippen molar-refractivity contribution in [2.45, 2.75) is 31.4 Å². The lowest BCUT2D eigenvalue weighted by Crippen LogP contribution is -2.39. The van der Waals surface area contributed by atoms with Crippen molar-refractivity contribution in [3.63, 3.8) is 0 Å². The van der Waals surface area contributed by atoms with Crippen molar-refractivity contribution < 1.29 is 19.5 Å². The molecule has 0 spiro atoms. The summed E-state index contributed by atoms with van der Waals surface area (Å²) in [5, 5.41) is 18.7. The largest absolute Gasteiger partial charge is 0.392 e. The van der Waals surface area contributed by atoms with Gasteiger partial charge in [0.2, 0.25) is 11.8 Å². The molecular formula is C26H29N5O4. The summed E-state index contributed by atoms with van der Waals surface area (Å²) in [6, 6.07) is 13.2. The highest BCUT2D eigenvalue weighted by molar-refractivity contribution is 6.31. The first kappa shape index (κ1) is 23.2. The lowest BCUT2D eigenvalue weighted by molar-refractivity contribution is -0.131. The number of aliphatic hydroxyl groups excluding tert-OH is 1. The molecule has 0 aliphatic carbocycles. The van der Waals surface area contributed by atoms with Gasteiger partial charge in [0.25, 0.3) is 0 Å². The van der Waals surface area contributed by atoms with Gasteiger partial charge < -0.3 is 15.3 Å². The molecular weight excluding hydrogens is 446 g/mol. The molecule has 9 heteroatoms. The Morgan fingerprint density at radius 2 is 2.11 bits per heavy atom. The number of hydrogen-bond acceptors (Lipinski definition) is 7. The summed E-state index contributed by atoms with van der Waals surface area (Å²) >= 11 is 0. The number of Topliss-reactive ketones (excluding diaryl/α,β-unsaturated/α-hetero) is 1. The van der Waals surface area contributed by atoms with Crippen LogP contribution in [0.4, 0.5) is 11.4 Å². The van der Waals surface area contributed by atoms with E-state index in [9.17, 15) is 19.5 Å². The molecule has 0 aromatic heterocycles. The molecule has 3 heterocycles. The number of hydrazone groups is 1. The first-order valence-electron chi connectivity index (χ1n) is 11.9. The number of anilines is 2. The predicted molar refractivity (Wildman–Crippen MR) is 132 cm³/mol. The van der Waals surface area contributed by atoms with Crippen LogP contribution in [0.2, 0.25) is 0 Å². The van der Waals surface area contributed by atoms with E-state index in [1.54, 1.807) is 17.0 Å². The van der Waals surface area contributed by atoms with Gasteiger partial charge in [-0.3, -0.25) is 24.3 Å². The standard InChI is InChI=1S/C26H29N5O4/c1-29(26(35)10-17-5-6-18-12-25(34)28-23(18)9-17)24(16-30-8-7-21(32)14-30)19-3-2-4-20(11-19)31-15-22(33)13-27-31/h2-6,9,11,13,21,24,32H,7-8,10,12,14-16H2,1H3,(H,28,34)/t21?,24-/m1/s1. The Bertz CT molecular complexity index is 1200. The summed E-state index contributed by atoms with van der Waals surface area (Å²) < 4.78 is 0. The van der Waals surface area contributed by atoms with Crippen molar-refractivity contribution in [1.29, 1.82) is 0 Å². The Morgan fingerprint density at radius 3 is 2.86 bits per heavy atom. The van der Waals surface area contributed by atoms with Crippen LogP contribution in [0.3, 0.4) is 0 Å².